The first-order valence-electron chi connectivity index (χ1n) is 5.40. The maximum atomic E-state index is 11.4. The number of ketones is 1. The molecule has 2 heteroatoms. The van der Waals surface area contributed by atoms with E-state index in [1.165, 1.54) is 11.1 Å². The summed E-state index contributed by atoms with van der Waals surface area (Å²) in [6, 6.07) is 0. The van der Waals surface area contributed by atoms with E-state index >= 15 is 0 Å². The standard InChI is InChI=1S/C13H20OSi/c1-10(9-15(3,4)5)12-7-6-8-13(12)11(2)14/h6-9,13H,1-5H3/b10-9+. The van der Waals surface area contributed by atoms with Crippen LogP contribution >= 0.6 is 0 Å². The molecule has 0 aliphatic heterocycles. The predicted molar refractivity (Wildman–Crippen MR) is 68.5 cm³/mol. The number of carbonyl (C=O) groups excluding carboxylic acids is 1. The molecular weight excluding hydrogens is 200 g/mol. The molecule has 15 heavy (non-hydrogen) atoms. The summed E-state index contributed by atoms with van der Waals surface area (Å²) in [5.74, 6) is 0.232. The Labute approximate surface area is 93.6 Å². The molecule has 0 radical (unpaired) electrons. The number of hydrogen-bond donors (Lipinski definition) is 0. The highest BCUT2D eigenvalue weighted by Crippen LogP contribution is 2.27. The fourth-order valence-electron chi connectivity index (χ4n) is 1.94. The molecule has 1 rings (SSSR count). The summed E-state index contributed by atoms with van der Waals surface area (Å²) in [6.07, 6.45) is 6.04. The summed E-state index contributed by atoms with van der Waals surface area (Å²) in [4.78, 5) is 11.4. The van der Waals surface area contributed by atoms with E-state index in [1.54, 1.807) is 6.92 Å². The molecule has 0 heterocycles. The highest BCUT2D eigenvalue weighted by Gasteiger charge is 2.21. The van der Waals surface area contributed by atoms with Crippen molar-refractivity contribution in [3.63, 3.8) is 0 Å². The van der Waals surface area contributed by atoms with Crippen LogP contribution in [0.3, 0.4) is 0 Å². The van der Waals surface area contributed by atoms with Gasteiger partial charge >= 0.3 is 0 Å². The summed E-state index contributed by atoms with van der Waals surface area (Å²) in [7, 11) is -1.19. The van der Waals surface area contributed by atoms with E-state index in [4.69, 9.17) is 0 Å². The molecule has 1 aliphatic carbocycles. The minimum absolute atomic E-state index is 0.00222. The predicted octanol–water partition coefficient (Wildman–Crippen LogP) is 3.51. The molecule has 0 saturated heterocycles. The molecule has 0 spiro atoms. The largest absolute Gasteiger partial charge is 0.299 e. The van der Waals surface area contributed by atoms with Gasteiger partial charge in [-0.15, -0.1) is 0 Å². The molecule has 0 amide bonds. The van der Waals surface area contributed by atoms with E-state index in [9.17, 15) is 4.79 Å². The maximum absolute atomic E-state index is 11.4. The SMILES string of the molecule is CC(=O)C1C=CC=C1/C(C)=C/[Si](C)(C)C. The van der Waals surface area contributed by atoms with Crippen LogP contribution in [0.5, 0.6) is 0 Å². The van der Waals surface area contributed by atoms with Gasteiger partial charge in [-0.2, -0.15) is 0 Å². The zero-order valence-electron chi connectivity index (χ0n) is 10.3. The molecule has 0 aromatic rings. The van der Waals surface area contributed by atoms with Crippen molar-refractivity contribution in [1.29, 1.82) is 0 Å². The third-order valence-electron chi connectivity index (χ3n) is 2.46. The smallest absolute Gasteiger partial charge is 0.141 e. The highest BCUT2D eigenvalue weighted by atomic mass is 28.3. The Morgan fingerprint density at radius 1 is 1.33 bits per heavy atom. The molecular formula is C13H20OSi. The first-order valence-corrected chi connectivity index (χ1v) is 8.97. The molecule has 0 saturated carbocycles. The van der Waals surface area contributed by atoms with Crippen LogP contribution in [0, 0.1) is 5.92 Å². The third kappa shape index (κ3) is 3.31. The average Bonchev–Trinajstić information content (AvgIpc) is 2.47. The molecule has 0 aromatic heterocycles. The van der Waals surface area contributed by atoms with Gasteiger partial charge < -0.3 is 0 Å². The summed E-state index contributed by atoms with van der Waals surface area (Å²) in [6.45, 7) is 10.7. The Morgan fingerprint density at radius 2 is 1.93 bits per heavy atom. The Morgan fingerprint density at radius 3 is 2.40 bits per heavy atom. The first kappa shape index (κ1) is 12.2. The number of allylic oxidation sites excluding steroid dienone is 5. The molecule has 1 atom stereocenters. The van der Waals surface area contributed by atoms with E-state index in [1.807, 2.05) is 12.2 Å². The second kappa shape index (κ2) is 4.31. The van der Waals surface area contributed by atoms with Crippen molar-refractivity contribution in [1.82, 2.24) is 0 Å². The summed E-state index contributed by atoms with van der Waals surface area (Å²) >= 11 is 0. The lowest BCUT2D eigenvalue weighted by Gasteiger charge is -2.16. The summed E-state index contributed by atoms with van der Waals surface area (Å²) in [5, 5.41) is 0. The van der Waals surface area contributed by atoms with Crippen molar-refractivity contribution >= 4 is 13.9 Å². The van der Waals surface area contributed by atoms with Gasteiger partial charge in [0.15, 0.2) is 0 Å². The monoisotopic (exact) mass is 220 g/mol. The van der Waals surface area contributed by atoms with Crippen LogP contribution in [-0.2, 0) is 4.79 Å². The van der Waals surface area contributed by atoms with Crippen LogP contribution in [0.1, 0.15) is 13.8 Å². The van der Waals surface area contributed by atoms with Crippen molar-refractivity contribution in [2.45, 2.75) is 33.5 Å². The lowest BCUT2D eigenvalue weighted by molar-refractivity contribution is -0.118. The molecule has 0 N–H and O–H groups in total. The Bertz CT molecular complexity index is 353. The van der Waals surface area contributed by atoms with Gasteiger partial charge in [-0.3, -0.25) is 4.79 Å². The molecule has 0 bridgehead atoms. The lowest BCUT2D eigenvalue weighted by atomic mass is 9.94. The van der Waals surface area contributed by atoms with Crippen LogP contribution in [0.15, 0.2) is 35.1 Å². The quantitative estimate of drug-likeness (QED) is 0.665. The lowest BCUT2D eigenvalue weighted by Crippen LogP contribution is -2.18. The second-order valence-corrected chi connectivity index (χ2v) is 10.3. The Kier molecular flexibility index (Phi) is 3.50. The average molecular weight is 220 g/mol. The summed E-state index contributed by atoms with van der Waals surface area (Å²) in [5.41, 5.74) is 4.83. The van der Waals surface area contributed by atoms with E-state index < -0.39 is 8.07 Å². The van der Waals surface area contributed by atoms with Crippen LogP contribution < -0.4 is 0 Å². The van der Waals surface area contributed by atoms with Crippen LogP contribution in [0.25, 0.3) is 0 Å². The van der Waals surface area contributed by atoms with E-state index in [-0.39, 0.29) is 11.7 Å². The number of Topliss-reactive ketones (excluding diaryl/α,β-unsaturated/α-hetero) is 1. The van der Waals surface area contributed by atoms with E-state index in [2.05, 4.69) is 38.3 Å². The summed E-state index contributed by atoms with van der Waals surface area (Å²) < 4.78 is 0. The van der Waals surface area contributed by atoms with Crippen molar-refractivity contribution in [2.24, 2.45) is 5.92 Å². The van der Waals surface area contributed by atoms with Crippen LogP contribution in [0.4, 0.5) is 0 Å². The molecule has 1 aliphatic rings. The molecule has 82 valence electrons. The molecule has 1 nitrogen and oxygen atoms in total. The number of carbonyl (C=O) groups is 1. The van der Waals surface area contributed by atoms with Gasteiger partial charge in [0.1, 0.15) is 5.78 Å². The van der Waals surface area contributed by atoms with Crippen LogP contribution in [0.2, 0.25) is 19.6 Å². The Balaban J connectivity index is 2.92. The first-order chi connectivity index (χ1) is 6.81. The number of hydrogen-bond acceptors (Lipinski definition) is 1. The third-order valence-corrected chi connectivity index (χ3v) is 3.76. The van der Waals surface area contributed by atoms with E-state index in [0.717, 1.165) is 0 Å². The fraction of sp³-hybridized carbons (Fsp3) is 0.462. The second-order valence-electron chi connectivity index (χ2n) is 5.29. The fourth-order valence-corrected chi connectivity index (χ4v) is 3.41. The zero-order chi connectivity index (χ0) is 11.6. The van der Waals surface area contributed by atoms with Gasteiger partial charge in [-0.05, 0) is 19.4 Å². The zero-order valence-corrected chi connectivity index (χ0v) is 11.3. The van der Waals surface area contributed by atoms with Crippen LogP contribution in [-0.4, -0.2) is 13.9 Å². The molecule has 1 unspecified atom stereocenters. The van der Waals surface area contributed by atoms with Gasteiger partial charge in [-0.25, -0.2) is 0 Å². The van der Waals surface area contributed by atoms with Gasteiger partial charge in [-0.1, -0.05) is 49.1 Å². The maximum Gasteiger partial charge on any atom is 0.141 e. The van der Waals surface area contributed by atoms with Crippen molar-refractivity contribution in [2.75, 3.05) is 0 Å². The molecule has 0 fully saturated rings. The van der Waals surface area contributed by atoms with E-state index in [0.29, 0.717) is 0 Å². The minimum Gasteiger partial charge on any atom is -0.299 e. The van der Waals surface area contributed by atoms with Gasteiger partial charge in [0.2, 0.25) is 0 Å². The van der Waals surface area contributed by atoms with Crippen molar-refractivity contribution in [3.8, 4) is 0 Å². The van der Waals surface area contributed by atoms with Gasteiger partial charge in [0.05, 0.1) is 14.0 Å². The normalized spacial score (nSPS) is 21.8. The molecule has 0 aromatic carbocycles. The van der Waals surface area contributed by atoms with Crippen molar-refractivity contribution in [3.05, 3.63) is 35.1 Å². The van der Waals surface area contributed by atoms with Crippen molar-refractivity contribution < 1.29 is 4.79 Å². The Hall–Kier alpha value is -0.893. The topological polar surface area (TPSA) is 17.1 Å². The van der Waals surface area contributed by atoms with Gasteiger partial charge in [0.25, 0.3) is 0 Å². The highest BCUT2D eigenvalue weighted by molar-refractivity contribution is 6.81. The minimum atomic E-state index is -1.19. The number of rotatable bonds is 3. The van der Waals surface area contributed by atoms with Gasteiger partial charge in [0, 0.05) is 0 Å².